The molecular weight excluding hydrogens is 162 g/mol. The summed E-state index contributed by atoms with van der Waals surface area (Å²) in [4.78, 5) is 5.00. The van der Waals surface area contributed by atoms with E-state index < -0.39 is 5.92 Å². The number of hydrogen-bond acceptors (Lipinski definition) is 1. The minimum Gasteiger partial charge on any atom is -0.296 e. The van der Waals surface area contributed by atoms with Crippen LogP contribution < -0.4 is 0 Å². The van der Waals surface area contributed by atoms with Crippen LogP contribution in [0.15, 0.2) is 0 Å². The number of halogens is 2. The first-order valence-corrected chi connectivity index (χ1v) is 4.12. The molecule has 12 heavy (non-hydrogen) atoms. The summed E-state index contributed by atoms with van der Waals surface area (Å²) in [5, 5.41) is 0. The highest BCUT2D eigenvalue weighted by Crippen LogP contribution is 2.40. The first-order valence-electron chi connectivity index (χ1n) is 4.12. The van der Waals surface area contributed by atoms with E-state index in [1.807, 2.05) is 0 Å². The van der Waals surface area contributed by atoms with Gasteiger partial charge in [0.25, 0.3) is 12.1 Å². The van der Waals surface area contributed by atoms with Gasteiger partial charge in [0, 0.05) is 18.9 Å². The molecule has 0 saturated carbocycles. The van der Waals surface area contributed by atoms with E-state index in [4.69, 9.17) is 6.57 Å². The molecule has 2 atom stereocenters. The second-order valence-electron chi connectivity index (χ2n) is 3.57. The average Bonchev–Trinajstić information content (AvgIpc) is 2.42. The van der Waals surface area contributed by atoms with Gasteiger partial charge in [-0.3, -0.25) is 4.85 Å². The van der Waals surface area contributed by atoms with Crippen LogP contribution in [-0.2, 0) is 0 Å². The molecule has 0 aromatic carbocycles. The minimum atomic E-state index is -2.55. The smallest absolute Gasteiger partial charge is 0.280 e. The maximum Gasteiger partial charge on any atom is 0.280 e. The van der Waals surface area contributed by atoms with E-state index >= 15 is 0 Å². The Bertz CT molecular complexity index is 234. The van der Waals surface area contributed by atoms with Crippen molar-refractivity contribution in [2.75, 3.05) is 6.54 Å². The third-order valence-electron chi connectivity index (χ3n) is 2.71. The quantitative estimate of drug-likeness (QED) is 0.505. The van der Waals surface area contributed by atoms with Gasteiger partial charge in [0.05, 0.1) is 6.54 Å². The summed E-state index contributed by atoms with van der Waals surface area (Å²) in [7, 11) is 0. The van der Waals surface area contributed by atoms with Crippen molar-refractivity contribution < 1.29 is 8.78 Å². The lowest BCUT2D eigenvalue weighted by Crippen LogP contribution is -2.31. The molecule has 0 radical (unpaired) electrons. The Hall–Kier alpha value is -0.690. The fourth-order valence-electron chi connectivity index (χ4n) is 2.19. The molecule has 4 heteroatoms. The zero-order chi connectivity index (χ0) is 8.77. The second kappa shape index (κ2) is 2.40. The molecule has 0 amide bonds. The molecule has 2 aliphatic heterocycles. The van der Waals surface area contributed by atoms with Gasteiger partial charge in [0.15, 0.2) is 0 Å². The summed E-state index contributed by atoms with van der Waals surface area (Å²) in [5.41, 5.74) is 0. The van der Waals surface area contributed by atoms with Crippen LogP contribution in [0.4, 0.5) is 8.78 Å². The molecule has 2 heterocycles. The number of nitrogens with zero attached hydrogens (tertiary/aromatic N) is 2. The van der Waals surface area contributed by atoms with Gasteiger partial charge in [0.2, 0.25) is 0 Å². The van der Waals surface area contributed by atoms with Crippen LogP contribution in [0.5, 0.6) is 0 Å². The molecule has 0 aromatic heterocycles. The Morgan fingerprint density at radius 3 is 2.83 bits per heavy atom. The largest absolute Gasteiger partial charge is 0.296 e. The number of alkyl halides is 2. The fraction of sp³-hybridized carbons (Fsp3) is 0.875. The number of rotatable bonds is 0. The van der Waals surface area contributed by atoms with Crippen molar-refractivity contribution in [3.05, 3.63) is 11.4 Å². The summed E-state index contributed by atoms with van der Waals surface area (Å²) in [6.07, 6.45) is 1.22. The lowest BCUT2D eigenvalue weighted by atomic mass is 10.1. The van der Waals surface area contributed by atoms with Crippen molar-refractivity contribution in [1.82, 2.24) is 4.90 Å². The van der Waals surface area contributed by atoms with Crippen LogP contribution >= 0.6 is 0 Å². The second-order valence-corrected chi connectivity index (χ2v) is 3.57. The van der Waals surface area contributed by atoms with Gasteiger partial charge >= 0.3 is 0 Å². The van der Waals surface area contributed by atoms with Crippen LogP contribution in [0, 0.1) is 6.57 Å². The highest BCUT2D eigenvalue weighted by Gasteiger charge is 2.52. The zero-order valence-electron chi connectivity index (χ0n) is 6.63. The molecule has 2 nitrogen and oxygen atoms in total. The molecule has 66 valence electrons. The fourth-order valence-corrected chi connectivity index (χ4v) is 2.19. The maximum absolute atomic E-state index is 12.8. The third kappa shape index (κ3) is 1.09. The van der Waals surface area contributed by atoms with Crippen molar-refractivity contribution in [3.8, 4) is 0 Å². The van der Waals surface area contributed by atoms with Gasteiger partial charge in [-0.25, -0.2) is 20.3 Å². The lowest BCUT2D eigenvalue weighted by Gasteiger charge is -2.13. The van der Waals surface area contributed by atoms with Crippen molar-refractivity contribution in [1.29, 1.82) is 0 Å². The lowest BCUT2D eigenvalue weighted by molar-refractivity contribution is 0.00854. The molecule has 2 unspecified atom stereocenters. The topological polar surface area (TPSA) is 7.60 Å². The van der Waals surface area contributed by atoms with Crippen LogP contribution in [0.1, 0.15) is 19.3 Å². The molecule has 2 saturated heterocycles. The molecule has 0 bridgehead atoms. The Labute approximate surface area is 70.0 Å². The molecule has 2 aliphatic rings. The first kappa shape index (κ1) is 7.93. The monoisotopic (exact) mass is 172 g/mol. The first-order chi connectivity index (χ1) is 5.62. The van der Waals surface area contributed by atoms with Crippen LogP contribution in [-0.4, -0.2) is 29.6 Å². The Morgan fingerprint density at radius 1 is 1.42 bits per heavy atom. The van der Waals surface area contributed by atoms with Crippen LogP contribution in [0.25, 0.3) is 4.85 Å². The number of hydrogen-bond donors (Lipinski definition) is 0. The van der Waals surface area contributed by atoms with Crippen LogP contribution in [0.3, 0.4) is 0 Å². The standard InChI is InChI=1S/C8H10F2N2/c1-11-7-3-2-6-4-8(9,10)5-12(6)7/h6-7H,2-5H2. The molecule has 0 N–H and O–H groups in total. The molecule has 2 fully saturated rings. The van der Waals surface area contributed by atoms with E-state index in [2.05, 4.69) is 4.85 Å². The van der Waals surface area contributed by atoms with Gasteiger partial charge in [0.1, 0.15) is 0 Å². The van der Waals surface area contributed by atoms with Crippen molar-refractivity contribution >= 4 is 0 Å². The van der Waals surface area contributed by atoms with E-state index in [1.165, 1.54) is 0 Å². The Balaban J connectivity index is 2.12. The Kier molecular flexibility index (Phi) is 1.58. The van der Waals surface area contributed by atoms with Gasteiger partial charge in [-0.2, -0.15) is 0 Å². The molecule has 0 spiro atoms. The van der Waals surface area contributed by atoms with Gasteiger partial charge in [-0.05, 0) is 6.42 Å². The molecule has 2 rings (SSSR count). The van der Waals surface area contributed by atoms with E-state index in [1.54, 1.807) is 4.90 Å². The predicted octanol–water partition coefficient (Wildman–Crippen LogP) is 1.74. The van der Waals surface area contributed by atoms with E-state index in [9.17, 15) is 8.78 Å². The summed E-state index contributed by atoms with van der Waals surface area (Å²) in [6.45, 7) is 6.62. The van der Waals surface area contributed by atoms with E-state index in [0.29, 0.717) is 0 Å². The highest BCUT2D eigenvalue weighted by molar-refractivity contribution is 5.01. The Morgan fingerprint density at radius 2 is 2.17 bits per heavy atom. The SMILES string of the molecule is [C-]#[N+]C1CCC2CC(F)(F)CN21. The average molecular weight is 172 g/mol. The third-order valence-corrected chi connectivity index (χ3v) is 2.71. The van der Waals surface area contributed by atoms with Gasteiger partial charge in [-0.1, -0.05) is 0 Å². The molecule has 0 aliphatic carbocycles. The number of fused-ring (bicyclic) bond motifs is 1. The summed E-state index contributed by atoms with van der Waals surface area (Å²) in [6, 6.07) is -0.0286. The zero-order valence-corrected chi connectivity index (χ0v) is 6.63. The van der Waals surface area contributed by atoms with Gasteiger partial charge < -0.3 is 0 Å². The predicted molar refractivity (Wildman–Crippen MR) is 39.7 cm³/mol. The minimum absolute atomic E-state index is 0.0286. The summed E-state index contributed by atoms with van der Waals surface area (Å²) < 4.78 is 25.7. The van der Waals surface area contributed by atoms with E-state index in [0.717, 1.165) is 12.8 Å². The van der Waals surface area contributed by atoms with Crippen molar-refractivity contribution in [3.63, 3.8) is 0 Å². The molecular formula is C8H10F2N2. The van der Waals surface area contributed by atoms with Crippen LogP contribution in [0.2, 0.25) is 0 Å². The van der Waals surface area contributed by atoms with Crippen molar-refractivity contribution in [2.24, 2.45) is 0 Å². The highest BCUT2D eigenvalue weighted by atomic mass is 19.3. The maximum atomic E-state index is 12.8. The summed E-state index contributed by atoms with van der Waals surface area (Å²) >= 11 is 0. The summed E-state index contributed by atoms with van der Waals surface area (Å²) in [5.74, 6) is -2.55. The van der Waals surface area contributed by atoms with Gasteiger partial charge in [-0.15, -0.1) is 0 Å². The normalized spacial score (nSPS) is 39.4. The molecule has 0 aromatic rings. The van der Waals surface area contributed by atoms with E-state index in [-0.39, 0.29) is 25.2 Å². The van der Waals surface area contributed by atoms with Crippen molar-refractivity contribution in [2.45, 2.75) is 37.4 Å².